The topological polar surface area (TPSA) is 66.5 Å². The predicted octanol–water partition coefficient (Wildman–Crippen LogP) is 3.66. The highest BCUT2D eigenvalue weighted by Crippen LogP contribution is 2.23. The highest BCUT2D eigenvalue weighted by atomic mass is 32.2. The van der Waals surface area contributed by atoms with Gasteiger partial charge in [0, 0.05) is 31.6 Å². The van der Waals surface area contributed by atoms with Crippen molar-refractivity contribution in [1.29, 1.82) is 0 Å². The maximum absolute atomic E-state index is 12.3. The first-order valence-corrected chi connectivity index (χ1v) is 10.1. The summed E-state index contributed by atoms with van der Waals surface area (Å²) in [4.78, 5) is 12.6. The SMILES string of the molecule is CN(C)S(=O)(=O)c1ccc(CCC(=O)Nc2cccc3ccccc23)cc1. The van der Waals surface area contributed by atoms with E-state index in [2.05, 4.69) is 5.32 Å². The van der Waals surface area contributed by atoms with Crippen LogP contribution in [0.5, 0.6) is 0 Å². The van der Waals surface area contributed by atoms with E-state index in [0.29, 0.717) is 12.8 Å². The van der Waals surface area contributed by atoms with Gasteiger partial charge in [-0.15, -0.1) is 0 Å². The molecule has 0 heterocycles. The highest BCUT2D eigenvalue weighted by Gasteiger charge is 2.16. The first kappa shape index (κ1) is 19.1. The van der Waals surface area contributed by atoms with E-state index in [1.54, 1.807) is 24.3 Å². The van der Waals surface area contributed by atoms with Crippen molar-refractivity contribution in [1.82, 2.24) is 4.31 Å². The zero-order valence-corrected chi connectivity index (χ0v) is 16.2. The van der Waals surface area contributed by atoms with E-state index in [4.69, 9.17) is 0 Å². The zero-order valence-electron chi connectivity index (χ0n) is 15.3. The van der Waals surface area contributed by atoms with Gasteiger partial charge < -0.3 is 5.32 Å². The number of amides is 1. The van der Waals surface area contributed by atoms with Crippen LogP contribution in [0.2, 0.25) is 0 Å². The molecule has 0 unspecified atom stereocenters. The Morgan fingerprint density at radius 2 is 1.59 bits per heavy atom. The molecule has 3 aromatic rings. The molecule has 1 amide bonds. The molecule has 6 heteroatoms. The normalized spacial score (nSPS) is 11.7. The maximum Gasteiger partial charge on any atom is 0.242 e. The third-order valence-corrected chi connectivity index (χ3v) is 6.24. The molecule has 0 bridgehead atoms. The van der Waals surface area contributed by atoms with Crippen LogP contribution in [-0.4, -0.2) is 32.7 Å². The molecule has 0 fully saturated rings. The van der Waals surface area contributed by atoms with Gasteiger partial charge in [0.1, 0.15) is 0 Å². The molecular weight excluding hydrogens is 360 g/mol. The van der Waals surface area contributed by atoms with Crippen molar-refractivity contribution in [3.05, 3.63) is 72.3 Å². The molecule has 140 valence electrons. The van der Waals surface area contributed by atoms with Crippen LogP contribution in [0.15, 0.2) is 71.6 Å². The lowest BCUT2D eigenvalue weighted by Crippen LogP contribution is -2.22. The molecule has 0 atom stereocenters. The smallest absolute Gasteiger partial charge is 0.242 e. The Morgan fingerprint density at radius 1 is 0.926 bits per heavy atom. The Kier molecular flexibility index (Phi) is 5.58. The van der Waals surface area contributed by atoms with Gasteiger partial charge in [-0.3, -0.25) is 4.79 Å². The first-order chi connectivity index (χ1) is 12.9. The second-order valence-electron chi connectivity index (χ2n) is 6.51. The molecule has 0 spiro atoms. The molecule has 1 N–H and O–H groups in total. The molecular formula is C21H22N2O3S. The number of carbonyl (C=O) groups excluding carboxylic acids is 1. The molecule has 0 aliphatic heterocycles. The van der Waals surface area contributed by atoms with Crippen LogP contribution in [0.25, 0.3) is 10.8 Å². The van der Waals surface area contributed by atoms with Crippen LogP contribution < -0.4 is 5.32 Å². The molecule has 0 radical (unpaired) electrons. The number of benzene rings is 3. The Labute approximate surface area is 159 Å². The molecule has 27 heavy (non-hydrogen) atoms. The fourth-order valence-corrected chi connectivity index (χ4v) is 3.75. The van der Waals surface area contributed by atoms with Crippen molar-refractivity contribution in [3.8, 4) is 0 Å². The summed E-state index contributed by atoms with van der Waals surface area (Å²) < 4.78 is 25.3. The number of sulfonamides is 1. The Bertz CT molecular complexity index is 1050. The Morgan fingerprint density at radius 3 is 2.30 bits per heavy atom. The van der Waals surface area contributed by atoms with Gasteiger partial charge in [-0.05, 0) is 35.6 Å². The van der Waals surface area contributed by atoms with Crippen molar-refractivity contribution in [3.63, 3.8) is 0 Å². The summed E-state index contributed by atoms with van der Waals surface area (Å²) in [5, 5.41) is 5.05. The van der Waals surface area contributed by atoms with Crippen LogP contribution in [0.3, 0.4) is 0 Å². The zero-order chi connectivity index (χ0) is 19.4. The molecule has 3 aromatic carbocycles. The van der Waals surface area contributed by atoms with Crippen LogP contribution >= 0.6 is 0 Å². The van der Waals surface area contributed by atoms with Gasteiger partial charge in [-0.2, -0.15) is 0 Å². The van der Waals surface area contributed by atoms with Gasteiger partial charge in [0.15, 0.2) is 0 Å². The number of aryl methyl sites for hydroxylation is 1. The number of hydrogen-bond donors (Lipinski definition) is 1. The number of nitrogens with zero attached hydrogens (tertiary/aromatic N) is 1. The summed E-state index contributed by atoms with van der Waals surface area (Å²) in [7, 11) is -0.431. The minimum absolute atomic E-state index is 0.0728. The summed E-state index contributed by atoms with van der Waals surface area (Å²) >= 11 is 0. The van der Waals surface area contributed by atoms with E-state index in [-0.39, 0.29) is 10.8 Å². The minimum Gasteiger partial charge on any atom is -0.326 e. The van der Waals surface area contributed by atoms with E-state index in [1.165, 1.54) is 18.4 Å². The number of rotatable bonds is 6. The largest absolute Gasteiger partial charge is 0.326 e. The van der Waals surface area contributed by atoms with Gasteiger partial charge in [-0.25, -0.2) is 12.7 Å². The Balaban J connectivity index is 1.64. The lowest BCUT2D eigenvalue weighted by atomic mass is 10.1. The van der Waals surface area contributed by atoms with E-state index >= 15 is 0 Å². The van der Waals surface area contributed by atoms with Crippen molar-refractivity contribution in [2.24, 2.45) is 0 Å². The predicted molar refractivity (Wildman–Crippen MR) is 108 cm³/mol. The number of fused-ring (bicyclic) bond motifs is 1. The van der Waals surface area contributed by atoms with Gasteiger partial charge in [-0.1, -0.05) is 48.5 Å². The molecule has 0 saturated heterocycles. The van der Waals surface area contributed by atoms with Gasteiger partial charge in [0.05, 0.1) is 4.90 Å². The fourth-order valence-electron chi connectivity index (χ4n) is 2.84. The lowest BCUT2D eigenvalue weighted by Gasteiger charge is -2.12. The third kappa shape index (κ3) is 4.35. The molecule has 0 aliphatic rings. The number of nitrogens with one attached hydrogen (secondary N) is 1. The molecule has 0 aliphatic carbocycles. The quantitative estimate of drug-likeness (QED) is 0.707. The monoisotopic (exact) mass is 382 g/mol. The van der Waals surface area contributed by atoms with Crippen LogP contribution in [0.4, 0.5) is 5.69 Å². The second-order valence-corrected chi connectivity index (χ2v) is 8.66. The second kappa shape index (κ2) is 7.90. The molecule has 3 rings (SSSR count). The summed E-state index contributed by atoms with van der Waals surface area (Å²) in [5.74, 6) is -0.0728. The maximum atomic E-state index is 12.3. The molecule has 5 nitrogen and oxygen atoms in total. The average Bonchev–Trinajstić information content (AvgIpc) is 2.67. The Hall–Kier alpha value is -2.70. The van der Waals surface area contributed by atoms with Crippen molar-refractivity contribution < 1.29 is 13.2 Å². The summed E-state index contributed by atoms with van der Waals surface area (Å²) in [6, 6.07) is 20.4. The van der Waals surface area contributed by atoms with E-state index in [1.807, 2.05) is 42.5 Å². The van der Waals surface area contributed by atoms with Crippen molar-refractivity contribution >= 4 is 32.4 Å². The van der Waals surface area contributed by atoms with E-state index in [0.717, 1.165) is 22.0 Å². The van der Waals surface area contributed by atoms with Gasteiger partial charge >= 0.3 is 0 Å². The lowest BCUT2D eigenvalue weighted by molar-refractivity contribution is -0.116. The first-order valence-electron chi connectivity index (χ1n) is 8.67. The van der Waals surface area contributed by atoms with Crippen LogP contribution in [-0.2, 0) is 21.2 Å². The van der Waals surface area contributed by atoms with Crippen LogP contribution in [0.1, 0.15) is 12.0 Å². The minimum atomic E-state index is -3.43. The highest BCUT2D eigenvalue weighted by molar-refractivity contribution is 7.89. The number of anilines is 1. The van der Waals surface area contributed by atoms with Gasteiger partial charge in [0.25, 0.3) is 0 Å². The van der Waals surface area contributed by atoms with Crippen molar-refractivity contribution in [2.75, 3.05) is 19.4 Å². The van der Waals surface area contributed by atoms with E-state index < -0.39 is 10.0 Å². The number of carbonyl (C=O) groups is 1. The van der Waals surface area contributed by atoms with Gasteiger partial charge in [0.2, 0.25) is 15.9 Å². The third-order valence-electron chi connectivity index (χ3n) is 4.41. The van der Waals surface area contributed by atoms with Crippen molar-refractivity contribution in [2.45, 2.75) is 17.7 Å². The summed E-state index contributed by atoms with van der Waals surface area (Å²) in [6.07, 6.45) is 0.863. The fraction of sp³-hybridized carbons (Fsp3) is 0.190. The average molecular weight is 382 g/mol. The summed E-state index contributed by atoms with van der Waals surface area (Å²) in [6.45, 7) is 0. The number of hydrogen-bond acceptors (Lipinski definition) is 3. The molecule has 0 aromatic heterocycles. The van der Waals surface area contributed by atoms with Crippen LogP contribution in [0, 0.1) is 0 Å². The molecule has 0 saturated carbocycles. The van der Waals surface area contributed by atoms with E-state index in [9.17, 15) is 13.2 Å². The standard InChI is InChI=1S/C21H22N2O3S/c1-23(2)27(25,26)18-13-10-16(11-14-18)12-15-21(24)22-20-9-5-7-17-6-3-4-8-19(17)20/h3-11,13-14H,12,15H2,1-2H3,(H,22,24). The summed E-state index contributed by atoms with van der Waals surface area (Å²) in [5.41, 5.74) is 1.71.